The summed E-state index contributed by atoms with van der Waals surface area (Å²) < 4.78 is 24.0. The SMILES string of the molecule is NC(=O)C(NC(=O)C1CCCCC1c1ccc(COC(=O)NCCN2CCOCC2)cc1)c1ccc(F)cc1. The molecule has 1 saturated heterocycles. The predicted octanol–water partition coefficient (Wildman–Crippen LogP) is 3.00. The molecule has 9 nitrogen and oxygen atoms in total. The van der Waals surface area contributed by atoms with Gasteiger partial charge in [-0.25, -0.2) is 9.18 Å². The molecule has 2 aromatic carbocycles. The second-order valence-corrected chi connectivity index (χ2v) is 10.1. The predicted molar refractivity (Wildman–Crippen MR) is 143 cm³/mol. The molecule has 210 valence electrons. The first-order valence-electron chi connectivity index (χ1n) is 13.6. The van der Waals surface area contributed by atoms with Crippen LogP contribution in [0.5, 0.6) is 0 Å². The van der Waals surface area contributed by atoms with E-state index in [1.54, 1.807) is 0 Å². The maximum Gasteiger partial charge on any atom is 0.407 e. The van der Waals surface area contributed by atoms with Gasteiger partial charge in [-0.05, 0) is 47.6 Å². The lowest BCUT2D eigenvalue weighted by molar-refractivity contribution is -0.131. The molecule has 1 saturated carbocycles. The van der Waals surface area contributed by atoms with E-state index in [1.165, 1.54) is 24.3 Å². The molecule has 3 atom stereocenters. The van der Waals surface area contributed by atoms with Crippen LogP contribution >= 0.6 is 0 Å². The number of benzene rings is 2. The fraction of sp³-hybridized carbons (Fsp3) is 0.483. The van der Waals surface area contributed by atoms with E-state index in [1.807, 2.05) is 24.3 Å². The number of rotatable bonds is 10. The van der Waals surface area contributed by atoms with Crippen LogP contribution in [-0.2, 0) is 25.7 Å². The minimum atomic E-state index is -1.03. The highest BCUT2D eigenvalue weighted by atomic mass is 19.1. The molecular formula is C29H37FN4O5. The van der Waals surface area contributed by atoms with E-state index < -0.39 is 23.9 Å². The Morgan fingerprint density at radius 2 is 1.72 bits per heavy atom. The molecule has 4 rings (SSSR count). The van der Waals surface area contributed by atoms with E-state index in [2.05, 4.69) is 15.5 Å². The monoisotopic (exact) mass is 540 g/mol. The number of primary amides is 1. The number of alkyl carbamates (subject to hydrolysis) is 1. The van der Waals surface area contributed by atoms with Crippen molar-refractivity contribution in [3.63, 3.8) is 0 Å². The zero-order valence-electron chi connectivity index (χ0n) is 22.1. The third kappa shape index (κ3) is 8.24. The zero-order valence-corrected chi connectivity index (χ0v) is 22.1. The van der Waals surface area contributed by atoms with Crippen LogP contribution in [0.4, 0.5) is 9.18 Å². The average molecular weight is 541 g/mol. The van der Waals surface area contributed by atoms with Crippen molar-refractivity contribution in [1.82, 2.24) is 15.5 Å². The summed E-state index contributed by atoms with van der Waals surface area (Å²) >= 11 is 0. The van der Waals surface area contributed by atoms with Gasteiger partial charge in [-0.3, -0.25) is 14.5 Å². The van der Waals surface area contributed by atoms with Gasteiger partial charge in [-0.2, -0.15) is 0 Å². The molecule has 3 amide bonds. The van der Waals surface area contributed by atoms with Gasteiger partial charge in [0.2, 0.25) is 11.8 Å². The quantitative estimate of drug-likeness (QED) is 0.426. The van der Waals surface area contributed by atoms with Gasteiger partial charge in [-0.15, -0.1) is 0 Å². The Morgan fingerprint density at radius 3 is 2.41 bits per heavy atom. The number of ether oxygens (including phenoxy) is 2. The van der Waals surface area contributed by atoms with Gasteiger partial charge < -0.3 is 25.8 Å². The van der Waals surface area contributed by atoms with Crippen molar-refractivity contribution in [2.75, 3.05) is 39.4 Å². The third-order valence-electron chi connectivity index (χ3n) is 7.46. The second-order valence-electron chi connectivity index (χ2n) is 10.1. The summed E-state index contributed by atoms with van der Waals surface area (Å²) in [5.41, 5.74) is 7.88. The van der Waals surface area contributed by atoms with Gasteiger partial charge in [-0.1, -0.05) is 49.2 Å². The lowest BCUT2D eigenvalue weighted by Crippen LogP contribution is -2.42. The van der Waals surface area contributed by atoms with Crippen LogP contribution in [0.1, 0.15) is 54.3 Å². The molecular weight excluding hydrogens is 503 g/mol. The van der Waals surface area contributed by atoms with Crippen molar-refractivity contribution in [2.24, 2.45) is 11.7 Å². The lowest BCUT2D eigenvalue weighted by atomic mass is 9.74. The number of halogens is 1. The number of carbonyl (C=O) groups is 3. The summed E-state index contributed by atoms with van der Waals surface area (Å²) in [4.78, 5) is 39.7. The third-order valence-corrected chi connectivity index (χ3v) is 7.46. The van der Waals surface area contributed by atoms with E-state index >= 15 is 0 Å². The maximum absolute atomic E-state index is 13.3. The molecule has 1 aliphatic carbocycles. The molecule has 0 bridgehead atoms. The standard InChI is InChI=1S/C29H37FN4O5/c30-23-11-9-22(10-12-23)26(27(31)35)33-28(36)25-4-2-1-3-24(25)21-7-5-20(6-8-21)19-39-29(37)32-13-14-34-15-17-38-18-16-34/h5-12,24-26H,1-4,13-19H2,(H2,31,35)(H,32,37)(H,33,36). The Labute approximate surface area is 228 Å². The minimum absolute atomic E-state index is 0.0149. The van der Waals surface area contributed by atoms with Gasteiger partial charge in [0.15, 0.2) is 0 Å². The summed E-state index contributed by atoms with van der Waals surface area (Å²) in [6, 6.07) is 12.1. The summed E-state index contributed by atoms with van der Waals surface area (Å²) in [5.74, 6) is -1.70. The van der Waals surface area contributed by atoms with Crippen molar-refractivity contribution < 1.29 is 28.2 Å². The summed E-state index contributed by atoms with van der Waals surface area (Å²) in [5, 5.41) is 5.57. The summed E-state index contributed by atoms with van der Waals surface area (Å²) in [6.07, 6.45) is 3.00. The van der Waals surface area contributed by atoms with Crippen LogP contribution in [0.15, 0.2) is 48.5 Å². The van der Waals surface area contributed by atoms with E-state index in [0.717, 1.165) is 63.2 Å². The van der Waals surface area contributed by atoms with Crippen LogP contribution in [0.3, 0.4) is 0 Å². The Balaban J connectivity index is 1.30. The molecule has 1 aliphatic heterocycles. The van der Waals surface area contributed by atoms with Crippen LogP contribution in [-0.4, -0.2) is 62.2 Å². The Kier molecular flexibility index (Phi) is 10.3. The number of morpholine rings is 1. The number of amides is 3. The first-order valence-corrected chi connectivity index (χ1v) is 13.6. The second kappa shape index (κ2) is 14.0. The van der Waals surface area contributed by atoms with Gasteiger partial charge in [0.1, 0.15) is 18.5 Å². The molecule has 2 aliphatic rings. The van der Waals surface area contributed by atoms with Crippen molar-refractivity contribution in [1.29, 1.82) is 0 Å². The summed E-state index contributed by atoms with van der Waals surface area (Å²) in [7, 11) is 0. The van der Waals surface area contributed by atoms with Gasteiger partial charge in [0, 0.05) is 32.1 Å². The van der Waals surface area contributed by atoms with Crippen molar-refractivity contribution in [2.45, 2.75) is 44.2 Å². The largest absolute Gasteiger partial charge is 0.445 e. The van der Waals surface area contributed by atoms with Crippen LogP contribution in [0.25, 0.3) is 0 Å². The van der Waals surface area contributed by atoms with Gasteiger partial charge in [0.05, 0.1) is 13.2 Å². The Bertz CT molecular complexity index is 1110. The topological polar surface area (TPSA) is 123 Å². The number of hydrogen-bond donors (Lipinski definition) is 3. The first kappa shape index (κ1) is 28.5. The number of hydrogen-bond acceptors (Lipinski definition) is 6. The number of carbonyl (C=O) groups excluding carboxylic acids is 3. The van der Waals surface area contributed by atoms with Crippen molar-refractivity contribution >= 4 is 17.9 Å². The average Bonchev–Trinajstić information content (AvgIpc) is 2.96. The summed E-state index contributed by atoms with van der Waals surface area (Å²) in [6.45, 7) is 4.59. The molecule has 39 heavy (non-hydrogen) atoms. The van der Waals surface area contributed by atoms with Crippen LogP contribution < -0.4 is 16.4 Å². The highest BCUT2D eigenvalue weighted by molar-refractivity contribution is 5.89. The molecule has 2 fully saturated rings. The van der Waals surface area contributed by atoms with Gasteiger partial charge >= 0.3 is 6.09 Å². The normalized spacial score (nSPS) is 20.5. The molecule has 2 aromatic rings. The smallest absolute Gasteiger partial charge is 0.407 e. The minimum Gasteiger partial charge on any atom is -0.445 e. The zero-order chi connectivity index (χ0) is 27.6. The highest BCUT2D eigenvalue weighted by Crippen LogP contribution is 2.38. The molecule has 1 heterocycles. The molecule has 0 spiro atoms. The van der Waals surface area contributed by atoms with Crippen molar-refractivity contribution in [3.05, 3.63) is 71.0 Å². The number of nitrogens with two attached hydrogens (primary N) is 1. The van der Waals surface area contributed by atoms with E-state index in [9.17, 15) is 18.8 Å². The highest BCUT2D eigenvalue weighted by Gasteiger charge is 2.34. The van der Waals surface area contributed by atoms with E-state index in [4.69, 9.17) is 15.2 Å². The van der Waals surface area contributed by atoms with E-state index in [-0.39, 0.29) is 24.3 Å². The van der Waals surface area contributed by atoms with Crippen LogP contribution in [0, 0.1) is 11.7 Å². The fourth-order valence-electron chi connectivity index (χ4n) is 5.27. The van der Waals surface area contributed by atoms with Crippen molar-refractivity contribution in [3.8, 4) is 0 Å². The number of nitrogens with zero attached hydrogens (tertiary/aromatic N) is 1. The van der Waals surface area contributed by atoms with Crippen LogP contribution in [0.2, 0.25) is 0 Å². The molecule has 10 heteroatoms. The fourth-order valence-corrected chi connectivity index (χ4v) is 5.27. The van der Waals surface area contributed by atoms with E-state index in [0.29, 0.717) is 18.5 Å². The Hall–Kier alpha value is -3.50. The van der Waals surface area contributed by atoms with Gasteiger partial charge in [0.25, 0.3) is 0 Å². The lowest BCUT2D eigenvalue weighted by Gasteiger charge is -2.32. The molecule has 4 N–H and O–H groups in total. The number of nitrogens with one attached hydrogen (secondary N) is 2. The Morgan fingerprint density at radius 1 is 1.03 bits per heavy atom. The first-order chi connectivity index (χ1) is 18.9. The molecule has 3 unspecified atom stereocenters. The molecule has 0 aromatic heterocycles. The molecule has 0 radical (unpaired) electrons. The maximum atomic E-state index is 13.3.